The zero-order chi connectivity index (χ0) is 13.8. The van der Waals surface area contributed by atoms with Crippen LogP contribution in [0.3, 0.4) is 0 Å². The summed E-state index contributed by atoms with van der Waals surface area (Å²) in [6.07, 6.45) is 3.03. The molecule has 104 valence electrons. The van der Waals surface area contributed by atoms with E-state index in [4.69, 9.17) is 0 Å². The molecule has 2 rings (SSSR count). The van der Waals surface area contributed by atoms with Crippen molar-refractivity contribution in [2.45, 2.75) is 25.3 Å². The van der Waals surface area contributed by atoms with Crippen molar-refractivity contribution in [3.63, 3.8) is 0 Å². The fourth-order valence-corrected chi connectivity index (χ4v) is 1.73. The van der Waals surface area contributed by atoms with Crippen LogP contribution in [0.15, 0.2) is 12.1 Å². The average molecular weight is 272 g/mol. The third kappa shape index (κ3) is 3.96. The predicted octanol–water partition coefficient (Wildman–Crippen LogP) is 1.98. The Balaban J connectivity index is 1.81. The van der Waals surface area contributed by atoms with E-state index >= 15 is 0 Å². The molecule has 1 saturated carbocycles. The molecule has 0 spiro atoms. The summed E-state index contributed by atoms with van der Waals surface area (Å²) in [4.78, 5) is 11.6. The number of halogens is 3. The maximum atomic E-state index is 13.3. The molecule has 2 N–H and O–H groups in total. The van der Waals surface area contributed by atoms with Crippen molar-refractivity contribution in [2.24, 2.45) is 0 Å². The van der Waals surface area contributed by atoms with Gasteiger partial charge in [-0.2, -0.15) is 0 Å². The second kappa shape index (κ2) is 6.06. The van der Waals surface area contributed by atoms with Gasteiger partial charge in [0.1, 0.15) is 23.0 Å². The standard InChI is InChI=1S/C13H15F3N2O/c14-8-6-10(15)12(11(16)7-8)13(19)18-5-1-4-17-9-2-3-9/h6-7,9,17H,1-5H2,(H,18,19). The molecule has 1 fully saturated rings. The van der Waals surface area contributed by atoms with Crippen LogP contribution < -0.4 is 10.6 Å². The Kier molecular flexibility index (Phi) is 4.42. The number of amides is 1. The van der Waals surface area contributed by atoms with E-state index < -0.39 is 28.9 Å². The molecule has 0 aromatic heterocycles. The van der Waals surface area contributed by atoms with Crippen LogP contribution in [0.2, 0.25) is 0 Å². The molecule has 0 unspecified atom stereocenters. The van der Waals surface area contributed by atoms with Crippen molar-refractivity contribution in [1.29, 1.82) is 0 Å². The minimum atomic E-state index is -1.19. The zero-order valence-electron chi connectivity index (χ0n) is 10.3. The molecule has 0 atom stereocenters. The number of carbonyl (C=O) groups excluding carboxylic acids is 1. The van der Waals surface area contributed by atoms with E-state index in [2.05, 4.69) is 10.6 Å². The minimum Gasteiger partial charge on any atom is -0.352 e. The molecular formula is C13H15F3N2O. The first-order chi connectivity index (χ1) is 9.08. The van der Waals surface area contributed by atoms with Crippen LogP contribution in [0.4, 0.5) is 13.2 Å². The topological polar surface area (TPSA) is 41.1 Å². The Morgan fingerprint density at radius 2 is 1.79 bits per heavy atom. The second-order valence-electron chi connectivity index (χ2n) is 4.58. The minimum absolute atomic E-state index is 0.314. The SMILES string of the molecule is O=C(NCCCNC1CC1)c1c(F)cc(F)cc1F. The summed E-state index contributed by atoms with van der Waals surface area (Å²) in [6, 6.07) is 1.57. The van der Waals surface area contributed by atoms with E-state index in [1.165, 1.54) is 12.8 Å². The van der Waals surface area contributed by atoms with Gasteiger partial charge in [-0.1, -0.05) is 0 Å². The quantitative estimate of drug-likeness (QED) is 0.777. The summed E-state index contributed by atoms with van der Waals surface area (Å²) < 4.78 is 39.3. The molecule has 1 aromatic rings. The van der Waals surface area contributed by atoms with Crippen LogP contribution in [0.5, 0.6) is 0 Å². The Morgan fingerprint density at radius 3 is 2.37 bits per heavy atom. The van der Waals surface area contributed by atoms with Gasteiger partial charge in [0, 0.05) is 24.7 Å². The molecule has 1 aliphatic carbocycles. The molecule has 3 nitrogen and oxygen atoms in total. The molecule has 0 saturated heterocycles. The van der Waals surface area contributed by atoms with Gasteiger partial charge in [-0.15, -0.1) is 0 Å². The molecule has 0 radical (unpaired) electrons. The van der Waals surface area contributed by atoms with Crippen molar-refractivity contribution in [1.82, 2.24) is 10.6 Å². The van der Waals surface area contributed by atoms with Gasteiger partial charge in [-0.3, -0.25) is 4.79 Å². The molecule has 6 heteroatoms. The lowest BCUT2D eigenvalue weighted by Crippen LogP contribution is -2.29. The summed E-state index contributed by atoms with van der Waals surface area (Å²) >= 11 is 0. The van der Waals surface area contributed by atoms with Crippen LogP contribution >= 0.6 is 0 Å². The molecule has 0 heterocycles. The highest BCUT2D eigenvalue weighted by molar-refractivity contribution is 5.94. The molecular weight excluding hydrogens is 257 g/mol. The van der Waals surface area contributed by atoms with Crippen molar-refractivity contribution in [3.05, 3.63) is 35.1 Å². The highest BCUT2D eigenvalue weighted by Crippen LogP contribution is 2.18. The monoisotopic (exact) mass is 272 g/mol. The summed E-state index contributed by atoms with van der Waals surface area (Å²) in [5.41, 5.74) is -0.739. The Labute approximate surface area is 109 Å². The van der Waals surface area contributed by atoms with E-state index in [-0.39, 0.29) is 0 Å². The fraction of sp³-hybridized carbons (Fsp3) is 0.462. The molecule has 1 aliphatic rings. The molecule has 1 aromatic carbocycles. The molecule has 1 amide bonds. The van der Waals surface area contributed by atoms with Crippen LogP contribution in [0.1, 0.15) is 29.6 Å². The number of carbonyl (C=O) groups is 1. The number of hydrogen-bond donors (Lipinski definition) is 2. The van der Waals surface area contributed by atoms with Gasteiger partial charge in [0.15, 0.2) is 0 Å². The highest BCUT2D eigenvalue weighted by Gasteiger charge is 2.20. The van der Waals surface area contributed by atoms with E-state index in [1.807, 2.05) is 0 Å². The molecule has 0 aliphatic heterocycles. The summed E-state index contributed by atoms with van der Waals surface area (Å²) in [7, 11) is 0. The van der Waals surface area contributed by atoms with Crippen LogP contribution in [0, 0.1) is 17.5 Å². The number of benzene rings is 1. The highest BCUT2D eigenvalue weighted by atomic mass is 19.1. The molecule has 19 heavy (non-hydrogen) atoms. The van der Waals surface area contributed by atoms with Crippen LogP contribution in [-0.4, -0.2) is 25.0 Å². The van der Waals surface area contributed by atoms with Gasteiger partial charge < -0.3 is 10.6 Å². The number of hydrogen-bond acceptors (Lipinski definition) is 2. The summed E-state index contributed by atoms with van der Waals surface area (Å²) in [6.45, 7) is 1.06. The Bertz CT molecular complexity index is 452. The molecule has 0 bridgehead atoms. The van der Waals surface area contributed by atoms with Gasteiger partial charge >= 0.3 is 0 Å². The van der Waals surface area contributed by atoms with Gasteiger partial charge in [0.25, 0.3) is 5.91 Å². The fourth-order valence-electron chi connectivity index (χ4n) is 1.73. The largest absolute Gasteiger partial charge is 0.352 e. The first-order valence-corrected chi connectivity index (χ1v) is 6.24. The Hall–Kier alpha value is -1.56. The Morgan fingerprint density at radius 1 is 1.16 bits per heavy atom. The van der Waals surface area contributed by atoms with E-state index in [1.54, 1.807) is 0 Å². The van der Waals surface area contributed by atoms with E-state index in [0.717, 1.165) is 6.54 Å². The summed E-state index contributed by atoms with van der Waals surface area (Å²) in [5.74, 6) is -4.28. The first kappa shape index (κ1) is 13.9. The van der Waals surface area contributed by atoms with Crippen molar-refractivity contribution in [2.75, 3.05) is 13.1 Å². The van der Waals surface area contributed by atoms with Crippen LogP contribution in [-0.2, 0) is 0 Å². The average Bonchev–Trinajstić information content (AvgIpc) is 3.11. The van der Waals surface area contributed by atoms with Crippen molar-refractivity contribution in [3.8, 4) is 0 Å². The predicted molar refractivity (Wildman–Crippen MR) is 64.3 cm³/mol. The van der Waals surface area contributed by atoms with Crippen LogP contribution in [0.25, 0.3) is 0 Å². The van der Waals surface area contributed by atoms with E-state index in [0.29, 0.717) is 31.1 Å². The summed E-state index contributed by atoms with van der Waals surface area (Å²) in [5, 5.41) is 5.66. The third-order valence-electron chi connectivity index (χ3n) is 2.88. The normalized spacial score (nSPS) is 14.5. The lowest BCUT2D eigenvalue weighted by atomic mass is 10.1. The second-order valence-corrected chi connectivity index (χ2v) is 4.58. The smallest absolute Gasteiger partial charge is 0.257 e. The maximum Gasteiger partial charge on any atom is 0.257 e. The lowest BCUT2D eigenvalue weighted by molar-refractivity contribution is 0.0944. The lowest BCUT2D eigenvalue weighted by Gasteiger charge is -2.07. The zero-order valence-corrected chi connectivity index (χ0v) is 10.3. The number of rotatable bonds is 6. The van der Waals surface area contributed by atoms with Gasteiger partial charge in [-0.05, 0) is 25.8 Å². The third-order valence-corrected chi connectivity index (χ3v) is 2.88. The maximum absolute atomic E-state index is 13.3. The van der Waals surface area contributed by atoms with Crippen molar-refractivity contribution >= 4 is 5.91 Å². The van der Waals surface area contributed by atoms with E-state index in [9.17, 15) is 18.0 Å². The van der Waals surface area contributed by atoms with Crippen molar-refractivity contribution < 1.29 is 18.0 Å². The van der Waals surface area contributed by atoms with Gasteiger partial charge in [0.05, 0.1) is 0 Å². The van der Waals surface area contributed by atoms with Gasteiger partial charge in [0.2, 0.25) is 0 Å². The first-order valence-electron chi connectivity index (χ1n) is 6.24. The number of nitrogens with one attached hydrogen (secondary N) is 2. The van der Waals surface area contributed by atoms with Gasteiger partial charge in [-0.25, -0.2) is 13.2 Å².